The number of nitriles is 1. The van der Waals surface area contributed by atoms with E-state index in [4.69, 9.17) is 9.47 Å². The molecule has 0 spiro atoms. The number of anilines is 1. The van der Waals surface area contributed by atoms with Crippen molar-refractivity contribution in [3.05, 3.63) is 58.1 Å². The molecule has 0 saturated carbocycles. The van der Waals surface area contributed by atoms with E-state index in [9.17, 15) is 10.1 Å². The molecule has 1 amide bonds. The maximum Gasteiger partial charge on any atom is 0.266 e. The molecule has 0 heterocycles. The number of para-hydroxylation sites is 2. The summed E-state index contributed by atoms with van der Waals surface area (Å²) in [5.74, 6) is 0.477. The first-order valence-electron chi connectivity index (χ1n) is 6.99. The molecule has 0 atom stereocenters. The Morgan fingerprint density at radius 2 is 1.92 bits per heavy atom. The Morgan fingerprint density at radius 3 is 2.54 bits per heavy atom. The zero-order valence-corrected chi connectivity index (χ0v) is 14.8. The Balaban J connectivity index is 2.35. The van der Waals surface area contributed by atoms with E-state index in [1.165, 1.54) is 20.3 Å². The van der Waals surface area contributed by atoms with Gasteiger partial charge in [-0.2, -0.15) is 5.26 Å². The van der Waals surface area contributed by atoms with Crippen LogP contribution in [-0.2, 0) is 4.79 Å². The summed E-state index contributed by atoms with van der Waals surface area (Å²) in [4.78, 5) is 12.4. The molecule has 0 saturated heterocycles. The lowest BCUT2D eigenvalue weighted by molar-refractivity contribution is -0.112. The largest absolute Gasteiger partial charge is 0.493 e. The van der Waals surface area contributed by atoms with Gasteiger partial charge in [0, 0.05) is 10.0 Å². The predicted octanol–water partition coefficient (Wildman–Crippen LogP) is 4.01. The molecule has 0 fully saturated rings. The highest BCUT2D eigenvalue weighted by Gasteiger charge is 2.14. The van der Waals surface area contributed by atoms with Crippen LogP contribution in [0.1, 0.15) is 5.56 Å². The van der Waals surface area contributed by atoms with E-state index in [1.807, 2.05) is 12.1 Å². The molecular weight excluding hydrogens is 372 g/mol. The predicted molar refractivity (Wildman–Crippen MR) is 95.9 cm³/mol. The van der Waals surface area contributed by atoms with Crippen molar-refractivity contribution in [1.29, 1.82) is 5.26 Å². The van der Waals surface area contributed by atoms with Crippen molar-refractivity contribution in [2.75, 3.05) is 19.5 Å². The van der Waals surface area contributed by atoms with Crippen LogP contribution in [0.5, 0.6) is 11.5 Å². The Bertz CT molecular complexity index is 825. The van der Waals surface area contributed by atoms with Crippen LogP contribution < -0.4 is 14.8 Å². The number of nitrogens with one attached hydrogen (secondary N) is 1. The molecule has 2 aromatic rings. The zero-order chi connectivity index (χ0) is 17.5. The number of carbonyl (C=O) groups excluding carboxylic acids is 1. The molecule has 6 heteroatoms. The molecule has 2 rings (SSSR count). The Kier molecular flexibility index (Phi) is 5.99. The fourth-order valence-electron chi connectivity index (χ4n) is 2.08. The quantitative estimate of drug-likeness (QED) is 0.622. The van der Waals surface area contributed by atoms with Crippen molar-refractivity contribution in [2.45, 2.75) is 0 Å². The fourth-order valence-corrected chi connectivity index (χ4v) is 2.47. The summed E-state index contributed by atoms with van der Waals surface area (Å²) in [6, 6.07) is 14.3. The highest BCUT2D eigenvalue weighted by atomic mass is 79.9. The van der Waals surface area contributed by atoms with Crippen LogP contribution in [0.15, 0.2) is 52.5 Å². The minimum Gasteiger partial charge on any atom is -0.493 e. The molecule has 0 aromatic heterocycles. The van der Waals surface area contributed by atoms with Crippen LogP contribution in [0.25, 0.3) is 6.08 Å². The lowest BCUT2D eigenvalue weighted by Gasteiger charge is -2.11. The topological polar surface area (TPSA) is 71.3 Å². The minimum absolute atomic E-state index is 0.0442. The average molecular weight is 387 g/mol. The molecule has 0 bridgehead atoms. The SMILES string of the molecule is COc1cccc(/C=C(/C#N)C(=O)Nc2ccccc2Br)c1OC. The van der Waals surface area contributed by atoms with Crippen molar-refractivity contribution in [2.24, 2.45) is 0 Å². The highest BCUT2D eigenvalue weighted by molar-refractivity contribution is 9.10. The first-order valence-corrected chi connectivity index (χ1v) is 7.78. The van der Waals surface area contributed by atoms with Gasteiger partial charge in [-0.05, 0) is 40.2 Å². The molecule has 0 radical (unpaired) electrons. The molecule has 0 aliphatic rings. The number of amides is 1. The standard InChI is InChI=1S/C18H15BrN2O3/c1-23-16-9-5-6-12(17(16)24-2)10-13(11-20)18(22)21-15-8-4-3-7-14(15)19/h3-10H,1-2H3,(H,21,22)/b13-10-. The number of halogens is 1. The molecule has 0 aliphatic carbocycles. The second kappa shape index (κ2) is 8.18. The number of ether oxygens (including phenoxy) is 2. The van der Waals surface area contributed by atoms with Crippen molar-refractivity contribution in [1.82, 2.24) is 0 Å². The van der Waals surface area contributed by atoms with E-state index < -0.39 is 5.91 Å². The average Bonchev–Trinajstić information content (AvgIpc) is 2.60. The van der Waals surface area contributed by atoms with Crippen molar-refractivity contribution in [3.8, 4) is 17.6 Å². The smallest absolute Gasteiger partial charge is 0.266 e. The van der Waals surface area contributed by atoms with Gasteiger partial charge in [0.2, 0.25) is 0 Å². The molecule has 5 nitrogen and oxygen atoms in total. The number of rotatable bonds is 5. The monoisotopic (exact) mass is 386 g/mol. The molecule has 2 aromatic carbocycles. The van der Waals surface area contributed by atoms with E-state index in [-0.39, 0.29) is 5.57 Å². The second-order valence-electron chi connectivity index (χ2n) is 4.69. The normalized spacial score (nSPS) is 10.7. The highest BCUT2D eigenvalue weighted by Crippen LogP contribution is 2.32. The third-order valence-electron chi connectivity index (χ3n) is 3.22. The molecule has 1 N–H and O–H groups in total. The van der Waals surface area contributed by atoms with Gasteiger partial charge in [-0.1, -0.05) is 24.3 Å². The minimum atomic E-state index is -0.505. The summed E-state index contributed by atoms with van der Waals surface area (Å²) in [5.41, 5.74) is 1.12. The first kappa shape index (κ1) is 17.6. The lowest BCUT2D eigenvalue weighted by Crippen LogP contribution is -2.13. The first-order chi connectivity index (χ1) is 11.6. The summed E-state index contributed by atoms with van der Waals surface area (Å²) >= 11 is 3.35. The number of hydrogen-bond donors (Lipinski definition) is 1. The molecule has 0 aliphatic heterocycles. The summed E-state index contributed by atoms with van der Waals surface area (Å²) in [6.07, 6.45) is 1.47. The number of benzene rings is 2. The third kappa shape index (κ3) is 3.94. The van der Waals surface area contributed by atoms with Gasteiger partial charge in [0.1, 0.15) is 11.6 Å². The number of methoxy groups -OCH3 is 2. The Hall–Kier alpha value is -2.78. The van der Waals surface area contributed by atoms with Crippen LogP contribution in [0.3, 0.4) is 0 Å². The summed E-state index contributed by atoms with van der Waals surface area (Å²) in [6.45, 7) is 0. The van der Waals surface area contributed by atoms with Crippen LogP contribution >= 0.6 is 15.9 Å². The summed E-state index contributed by atoms with van der Waals surface area (Å²) < 4.78 is 11.3. The van der Waals surface area contributed by atoms with E-state index in [0.717, 1.165) is 4.47 Å². The van der Waals surface area contributed by atoms with E-state index in [1.54, 1.807) is 36.4 Å². The van der Waals surface area contributed by atoms with Gasteiger partial charge in [-0.3, -0.25) is 4.79 Å². The molecule has 24 heavy (non-hydrogen) atoms. The third-order valence-corrected chi connectivity index (χ3v) is 3.91. The van der Waals surface area contributed by atoms with Gasteiger partial charge < -0.3 is 14.8 Å². The number of hydrogen-bond acceptors (Lipinski definition) is 4. The van der Waals surface area contributed by atoms with Gasteiger partial charge in [-0.25, -0.2) is 0 Å². The van der Waals surface area contributed by atoms with Crippen molar-refractivity contribution in [3.63, 3.8) is 0 Å². The Labute approximate surface area is 148 Å². The van der Waals surface area contributed by atoms with Crippen LogP contribution in [0.2, 0.25) is 0 Å². The van der Waals surface area contributed by atoms with Crippen molar-refractivity contribution < 1.29 is 14.3 Å². The van der Waals surface area contributed by atoms with E-state index in [0.29, 0.717) is 22.7 Å². The van der Waals surface area contributed by atoms with Gasteiger partial charge in [0.05, 0.1) is 19.9 Å². The molecular formula is C18H15BrN2O3. The van der Waals surface area contributed by atoms with Crippen LogP contribution in [0.4, 0.5) is 5.69 Å². The Morgan fingerprint density at radius 1 is 1.17 bits per heavy atom. The number of carbonyl (C=O) groups is 1. The zero-order valence-electron chi connectivity index (χ0n) is 13.2. The van der Waals surface area contributed by atoms with Gasteiger partial charge in [-0.15, -0.1) is 0 Å². The van der Waals surface area contributed by atoms with Gasteiger partial charge >= 0.3 is 0 Å². The lowest BCUT2D eigenvalue weighted by atomic mass is 10.1. The maximum atomic E-state index is 12.4. The maximum absolute atomic E-state index is 12.4. The van der Waals surface area contributed by atoms with E-state index in [2.05, 4.69) is 21.2 Å². The fraction of sp³-hybridized carbons (Fsp3) is 0.111. The second-order valence-corrected chi connectivity index (χ2v) is 5.54. The van der Waals surface area contributed by atoms with Crippen LogP contribution in [0, 0.1) is 11.3 Å². The number of nitrogens with zero attached hydrogens (tertiary/aromatic N) is 1. The summed E-state index contributed by atoms with van der Waals surface area (Å²) in [5, 5.41) is 12.0. The molecule has 122 valence electrons. The van der Waals surface area contributed by atoms with Gasteiger partial charge in [0.15, 0.2) is 11.5 Å². The van der Waals surface area contributed by atoms with E-state index >= 15 is 0 Å². The summed E-state index contributed by atoms with van der Waals surface area (Å²) in [7, 11) is 3.03. The van der Waals surface area contributed by atoms with Crippen LogP contribution in [-0.4, -0.2) is 20.1 Å². The van der Waals surface area contributed by atoms with Crippen molar-refractivity contribution >= 4 is 33.6 Å². The molecule has 0 unspecified atom stereocenters. The van der Waals surface area contributed by atoms with Gasteiger partial charge in [0.25, 0.3) is 5.91 Å².